The van der Waals surface area contributed by atoms with Crippen molar-refractivity contribution >= 4 is 15.9 Å². The largest absolute Gasteiger partial charge is 0.339 e. The van der Waals surface area contributed by atoms with Gasteiger partial charge in [-0.1, -0.05) is 13.0 Å². The first-order chi connectivity index (χ1) is 10.2. The molecule has 6 heteroatoms. The summed E-state index contributed by atoms with van der Waals surface area (Å²) >= 11 is 0. The molecular formula is C16H26N2O3S. The van der Waals surface area contributed by atoms with Crippen LogP contribution < -0.4 is 4.72 Å². The molecule has 124 valence electrons. The van der Waals surface area contributed by atoms with Crippen LogP contribution in [0.1, 0.15) is 38.3 Å². The number of benzene rings is 1. The number of aryl methyl sites for hydroxylation is 2. The molecule has 0 saturated carbocycles. The third-order valence-corrected chi connectivity index (χ3v) is 5.42. The lowest BCUT2D eigenvalue weighted by atomic mass is 10.1. The van der Waals surface area contributed by atoms with Crippen molar-refractivity contribution in [1.82, 2.24) is 9.62 Å². The van der Waals surface area contributed by atoms with Crippen LogP contribution in [0.3, 0.4) is 0 Å². The molecule has 1 aromatic rings. The number of hydrogen-bond acceptors (Lipinski definition) is 3. The van der Waals surface area contributed by atoms with E-state index in [1.54, 1.807) is 23.1 Å². The monoisotopic (exact) mass is 326 g/mol. The van der Waals surface area contributed by atoms with Gasteiger partial charge in [0.25, 0.3) is 0 Å². The Hall–Kier alpha value is -1.40. The number of carbonyl (C=O) groups is 1. The molecular weight excluding hydrogens is 300 g/mol. The lowest BCUT2D eigenvalue weighted by Crippen LogP contribution is -2.42. The van der Waals surface area contributed by atoms with E-state index in [9.17, 15) is 13.2 Å². The summed E-state index contributed by atoms with van der Waals surface area (Å²) in [4.78, 5) is 13.5. The highest BCUT2D eigenvalue weighted by atomic mass is 32.2. The van der Waals surface area contributed by atoms with Crippen LogP contribution in [0.2, 0.25) is 0 Å². The predicted octanol–water partition coefficient (Wildman–Crippen LogP) is 2.23. The number of nitrogens with zero attached hydrogens (tertiary/aromatic N) is 1. The van der Waals surface area contributed by atoms with E-state index in [1.165, 1.54) is 6.92 Å². The zero-order valence-electron chi connectivity index (χ0n) is 14.0. The molecule has 0 aromatic heterocycles. The molecule has 0 saturated heterocycles. The van der Waals surface area contributed by atoms with Crippen molar-refractivity contribution in [2.24, 2.45) is 0 Å². The summed E-state index contributed by atoms with van der Waals surface area (Å²) in [6, 6.07) is 5.16. The van der Waals surface area contributed by atoms with Crippen molar-refractivity contribution in [3.8, 4) is 0 Å². The second-order valence-electron chi connectivity index (χ2n) is 5.61. The van der Waals surface area contributed by atoms with E-state index < -0.39 is 10.0 Å². The summed E-state index contributed by atoms with van der Waals surface area (Å²) in [5, 5.41) is 0. The number of rotatable bonds is 7. The highest BCUT2D eigenvalue weighted by molar-refractivity contribution is 7.89. The number of amides is 1. The van der Waals surface area contributed by atoms with Crippen LogP contribution in [0.4, 0.5) is 0 Å². The van der Waals surface area contributed by atoms with Gasteiger partial charge in [0.1, 0.15) is 0 Å². The summed E-state index contributed by atoms with van der Waals surface area (Å²) in [5.41, 5.74) is 1.99. The SMILES string of the molecule is CCC(C)N(CCNS(=O)(=O)c1ccc(C)c(C)c1)C(C)=O. The van der Waals surface area contributed by atoms with Crippen molar-refractivity contribution in [3.63, 3.8) is 0 Å². The summed E-state index contributed by atoms with van der Waals surface area (Å²) < 4.78 is 27.1. The molecule has 1 N–H and O–H groups in total. The van der Waals surface area contributed by atoms with E-state index in [0.29, 0.717) is 6.54 Å². The Morgan fingerprint density at radius 3 is 2.41 bits per heavy atom. The Morgan fingerprint density at radius 1 is 1.27 bits per heavy atom. The fourth-order valence-corrected chi connectivity index (χ4v) is 3.28. The summed E-state index contributed by atoms with van der Waals surface area (Å²) in [6.45, 7) is 9.86. The highest BCUT2D eigenvalue weighted by Crippen LogP contribution is 2.14. The normalized spacial score (nSPS) is 13.0. The molecule has 1 atom stereocenters. The molecule has 0 radical (unpaired) electrons. The molecule has 22 heavy (non-hydrogen) atoms. The topological polar surface area (TPSA) is 66.5 Å². The van der Waals surface area contributed by atoms with Gasteiger partial charge in [0.15, 0.2) is 0 Å². The standard InChI is InChI=1S/C16H26N2O3S/c1-6-14(4)18(15(5)19)10-9-17-22(20,21)16-8-7-12(2)13(3)11-16/h7-8,11,14,17H,6,9-10H2,1-5H3. The van der Waals surface area contributed by atoms with Crippen molar-refractivity contribution in [1.29, 1.82) is 0 Å². The Labute approximate surface area is 133 Å². The molecule has 1 unspecified atom stereocenters. The van der Waals surface area contributed by atoms with Crippen molar-refractivity contribution in [2.75, 3.05) is 13.1 Å². The van der Waals surface area contributed by atoms with Crippen LogP contribution in [-0.2, 0) is 14.8 Å². The van der Waals surface area contributed by atoms with E-state index in [1.807, 2.05) is 27.7 Å². The number of nitrogens with one attached hydrogen (secondary N) is 1. The van der Waals surface area contributed by atoms with E-state index in [-0.39, 0.29) is 23.4 Å². The van der Waals surface area contributed by atoms with E-state index in [2.05, 4.69) is 4.72 Å². The van der Waals surface area contributed by atoms with Gasteiger partial charge in [-0.05, 0) is 50.5 Å². The third-order valence-electron chi connectivity index (χ3n) is 3.96. The summed E-state index contributed by atoms with van der Waals surface area (Å²) in [6.07, 6.45) is 0.837. The molecule has 1 amide bonds. The molecule has 0 heterocycles. The van der Waals surface area contributed by atoms with Crippen molar-refractivity contribution in [2.45, 2.75) is 52.0 Å². The van der Waals surface area contributed by atoms with Crippen LogP contribution in [0.25, 0.3) is 0 Å². The van der Waals surface area contributed by atoms with Crippen LogP contribution in [-0.4, -0.2) is 38.4 Å². The zero-order chi connectivity index (χ0) is 16.9. The molecule has 0 aliphatic rings. The highest BCUT2D eigenvalue weighted by Gasteiger charge is 2.18. The lowest BCUT2D eigenvalue weighted by Gasteiger charge is -2.27. The van der Waals surface area contributed by atoms with Gasteiger partial charge in [-0.25, -0.2) is 13.1 Å². The first kappa shape index (κ1) is 18.6. The molecule has 0 spiro atoms. The maximum Gasteiger partial charge on any atom is 0.240 e. The molecule has 1 aromatic carbocycles. The van der Waals surface area contributed by atoms with Crippen LogP contribution >= 0.6 is 0 Å². The molecule has 5 nitrogen and oxygen atoms in total. The van der Waals surface area contributed by atoms with Gasteiger partial charge >= 0.3 is 0 Å². The number of hydrogen-bond donors (Lipinski definition) is 1. The Balaban J connectivity index is 2.73. The van der Waals surface area contributed by atoms with Gasteiger partial charge in [-0.2, -0.15) is 0 Å². The zero-order valence-corrected chi connectivity index (χ0v) is 14.8. The molecule has 0 aliphatic heterocycles. The Kier molecular flexibility index (Phi) is 6.56. The smallest absolute Gasteiger partial charge is 0.240 e. The summed E-state index contributed by atoms with van der Waals surface area (Å²) in [5.74, 6) is -0.0419. The van der Waals surface area contributed by atoms with Gasteiger partial charge < -0.3 is 4.90 Å². The first-order valence-corrected chi connectivity index (χ1v) is 9.01. The average Bonchev–Trinajstić information content (AvgIpc) is 2.45. The number of carbonyl (C=O) groups excluding carboxylic acids is 1. The van der Waals surface area contributed by atoms with E-state index in [4.69, 9.17) is 0 Å². The summed E-state index contributed by atoms with van der Waals surface area (Å²) in [7, 11) is -3.54. The van der Waals surface area contributed by atoms with E-state index >= 15 is 0 Å². The quantitative estimate of drug-likeness (QED) is 0.835. The molecule has 0 bridgehead atoms. The average molecular weight is 326 g/mol. The van der Waals surface area contributed by atoms with Gasteiger partial charge in [-0.15, -0.1) is 0 Å². The van der Waals surface area contributed by atoms with E-state index in [0.717, 1.165) is 17.5 Å². The Morgan fingerprint density at radius 2 is 1.91 bits per heavy atom. The number of sulfonamides is 1. The molecule has 0 aliphatic carbocycles. The maximum atomic E-state index is 12.3. The second-order valence-corrected chi connectivity index (χ2v) is 7.38. The van der Waals surface area contributed by atoms with Crippen LogP contribution in [0.5, 0.6) is 0 Å². The molecule has 1 rings (SSSR count). The van der Waals surface area contributed by atoms with Crippen LogP contribution in [0, 0.1) is 13.8 Å². The Bertz CT molecular complexity index is 626. The maximum absolute atomic E-state index is 12.3. The second kappa shape index (κ2) is 7.74. The first-order valence-electron chi connectivity index (χ1n) is 7.53. The minimum Gasteiger partial charge on any atom is -0.339 e. The fraction of sp³-hybridized carbons (Fsp3) is 0.562. The van der Waals surface area contributed by atoms with Gasteiger partial charge in [0, 0.05) is 26.1 Å². The van der Waals surface area contributed by atoms with Gasteiger partial charge in [0.2, 0.25) is 15.9 Å². The van der Waals surface area contributed by atoms with Crippen molar-refractivity contribution < 1.29 is 13.2 Å². The lowest BCUT2D eigenvalue weighted by molar-refractivity contribution is -0.130. The third kappa shape index (κ3) is 4.81. The van der Waals surface area contributed by atoms with Gasteiger partial charge in [0.05, 0.1) is 4.90 Å². The predicted molar refractivity (Wildman–Crippen MR) is 88.2 cm³/mol. The van der Waals surface area contributed by atoms with Gasteiger partial charge in [-0.3, -0.25) is 4.79 Å². The minimum absolute atomic E-state index is 0.0419. The minimum atomic E-state index is -3.54. The van der Waals surface area contributed by atoms with Crippen molar-refractivity contribution in [3.05, 3.63) is 29.3 Å². The fourth-order valence-electron chi connectivity index (χ4n) is 2.17. The van der Waals surface area contributed by atoms with Crippen LogP contribution in [0.15, 0.2) is 23.1 Å². The molecule has 0 fully saturated rings.